The van der Waals surface area contributed by atoms with Gasteiger partial charge in [-0.15, -0.1) is 0 Å². The summed E-state index contributed by atoms with van der Waals surface area (Å²) in [5, 5.41) is 0. The van der Waals surface area contributed by atoms with Gasteiger partial charge in [0.2, 0.25) is 5.78 Å². The number of Topliss-reactive ketones (excluding diaryl/α,β-unsaturated/α-hetero) is 1. The third-order valence-corrected chi connectivity index (χ3v) is 3.17. The van der Waals surface area contributed by atoms with Crippen molar-refractivity contribution < 1.29 is 14.3 Å². The van der Waals surface area contributed by atoms with Crippen LogP contribution < -0.4 is 15.2 Å². The van der Waals surface area contributed by atoms with Crippen LogP contribution in [0.5, 0.6) is 11.5 Å². The summed E-state index contributed by atoms with van der Waals surface area (Å²) in [5.41, 5.74) is 6.93. The minimum Gasteiger partial charge on any atom is -0.497 e. The third-order valence-electron chi connectivity index (χ3n) is 3.17. The summed E-state index contributed by atoms with van der Waals surface area (Å²) in [6.45, 7) is 1.92. The Bertz CT molecular complexity index is 608. The quantitative estimate of drug-likeness (QED) is 0.653. The van der Waals surface area contributed by atoms with Gasteiger partial charge in [-0.3, -0.25) is 4.79 Å². The zero-order chi connectivity index (χ0) is 15.2. The maximum atomic E-state index is 12.5. The number of rotatable bonds is 6. The number of methoxy groups -OCH3 is 1. The van der Waals surface area contributed by atoms with Gasteiger partial charge < -0.3 is 15.2 Å². The van der Waals surface area contributed by atoms with E-state index < -0.39 is 6.10 Å². The van der Waals surface area contributed by atoms with Crippen molar-refractivity contribution >= 4 is 11.5 Å². The fraction of sp³-hybridized carbons (Fsp3) is 0.235. The zero-order valence-corrected chi connectivity index (χ0v) is 12.2. The summed E-state index contributed by atoms with van der Waals surface area (Å²) in [6.07, 6.45) is 0.0554. The molecule has 0 aliphatic heterocycles. The molecule has 0 saturated heterocycles. The summed E-state index contributed by atoms with van der Waals surface area (Å²) < 4.78 is 10.8. The van der Waals surface area contributed by atoms with E-state index in [9.17, 15) is 4.79 Å². The lowest BCUT2D eigenvalue weighted by molar-refractivity contribution is 0.0786. The lowest BCUT2D eigenvalue weighted by Crippen LogP contribution is -2.26. The van der Waals surface area contributed by atoms with Gasteiger partial charge in [0.15, 0.2) is 6.10 Å². The Balaban J connectivity index is 2.14. The highest BCUT2D eigenvalue weighted by Gasteiger charge is 2.20. The van der Waals surface area contributed by atoms with Gasteiger partial charge in [0.1, 0.15) is 11.5 Å². The summed E-state index contributed by atoms with van der Waals surface area (Å²) in [4.78, 5) is 12.5. The van der Waals surface area contributed by atoms with Gasteiger partial charge in [-0.2, -0.15) is 0 Å². The Morgan fingerprint density at radius 3 is 2.43 bits per heavy atom. The predicted octanol–water partition coefficient (Wildman–Crippen LogP) is 3.32. The van der Waals surface area contributed by atoms with Crippen LogP contribution in [0, 0.1) is 0 Å². The van der Waals surface area contributed by atoms with Crippen molar-refractivity contribution in [2.24, 2.45) is 0 Å². The van der Waals surface area contributed by atoms with E-state index in [-0.39, 0.29) is 5.78 Å². The molecule has 0 spiro atoms. The van der Waals surface area contributed by atoms with E-state index in [4.69, 9.17) is 15.2 Å². The van der Waals surface area contributed by atoms with E-state index in [2.05, 4.69) is 0 Å². The third kappa shape index (κ3) is 3.75. The number of carbonyl (C=O) groups excluding carboxylic acids is 1. The monoisotopic (exact) mass is 285 g/mol. The summed E-state index contributed by atoms with van der Waals surface area (Å²) in [5.74, 6) is 1.27. The second-order valence-corrected chi connectivity index (χ2v) is 4.68. The second-order valence-electron chi connectivity index (χ2n) is 4.68. The molecule has 0 fully saturated rings. The van der Waals surface area contributed by atoms with Crippen LogP contribution in [0.1, 0.15) is 23.7 Å². The van der Waals surface area contributed by atoms with Gasteiger partial charge in [-0.1, -0.05) is 13.0 Å². The minimum atomic E-state index is -0.528. The van der Waals surface area contributed by atoms with Crippen molar-refractivity contribution in [2.45, 2.75) is 19.4 Å². The molecule has 2 rings (SSSR count). The maximum absolute atomic E-state index is 12.5. The van der Waals surface area contributed by atoms with Crippen LogP contribution >= 0.6 is 0 Å². The Morgan fingerprint density at radius 2 is 1.86 bits per heavy atom. The number of benzene rings is 2. The van der Waals surface area contributed by atoms with Crippen LogP contribution in [0.2, 0.25) is 0 Å². The predicted molar refractivity (Wildman–Crippen MR) is 82.9 cm³/mol. The summed E-state index contributed by atoms with van der Waals surface area (Å²) in [6, 6.07) is 14.1. The number of ketones is 1. The number of hydrogen-bond donors (Lipinski definition) is 1. The first-order chi connectivity index (χ1) is 10.1. The highest BCUT2D eigenvalue weighted by Crippen LogP contribution is 2.20. The Labute approximate surface area is 124 Å². The van der Waals surface area contributed by atoms with E-state index in [0.29, 0.717) is 23.4 Å². The second kappa shape index (κ2) is 6.79. The fourth-order valence-electron chi connectivity index (χ4n) is 2.02. The SMILES string of the molecule is CCC(Oc1cccc(N)c1)C(=O)c1ccc(OC)cc1. The van der Waals surface area contributed by atoms with Crippen LogP contribution in [0.4, 0.5) is 5.69 Å². The smallest absolute Gasteiger partial charge is 0.203 e. The molecule has 110 valence electrons. The normalized spacial score (nSPS) is 11.7. The molecule has 1 unspecified atom stereocenters. The van der Waals surface area contributed by atoms with E-state index in [0.717, 1.165) is 5.75 Å². The molecular formula is C17H19NO3. The molecule has 0 saturated carbocycles. The molecule has 0 aliphatic carbocycles. The molecular weight excluding hydrogens is 266 g/mol. The zero-order valence-electron chi connectivity index (χ0n) is 12.2. The summed E-state index contributed by atoms with van der Waals surface area (Å²) >= 11 is 0. The van der Waals surface area contributed by atoms with Crippen LogP contribution in [0.25, 0.3) is 0 Å². The number of anilines is 1. The molecule has 2 aromatic rings. The molecule has 4 heteroatoms. The van der Waals surface area contributed by atoms with Gasteiger partial charge in [-0.05, 0) is 42.8 Å². The van der Waals surface area contributed by atoms with E-state index in [1.165, 1.54) is 0 Å². The molecule has 21 heavy (non-hydrogen) atoms. The molecule has 0 heterocycles. The average molecular weight is 285 g/mol. The Kier molecular flexibility index (Phi) is 4.82. The van der Waals surface area contributed by atoms with Crippen LogP contribution in [0.3, 0.4) is 0 Å². The lowest BCUT2D eigenvalue weighted by Gasteiger charge is -2.17. The Morgan fingerprint density at radius 1 is 1.14 bits per heavy atom. The van der Waals surface area contributed by atoms with Crippen LogP contribution in [0.15, 0.2) is 48.5 Å². The number of nitrogen functional groups attached to an aromatic ring is 1. The molecule has 0 bridgehead atoms. The topological polar surface area (TPSA) is 61.5 Å². The van der Waals surface area contributed by atoms with Gasteiger partial charge >= 0.3 is 0 Å². The first kappa shape index (κ1) is 14.9. The lowest BCUT2D eigenvalue weighted by atomic mass is 10.0. The van der Waals surface area contributed by atoms with Crippen molar-refractivity contribution in [2.75, 3.05) is 12.8 Å². The van der Waals surface area contributed by atoms with Gasteiger partial charge in [0.05, 0.1) is 7.11 Å². The van der Waals surface area contributed by atoms with Crippen molar-refractivity contribution in [3.63, 3.8) is 0 Å². The number of nitrogens with two attached hydrogens (primary N) is 1. The average Bonchev–Trinajstić information content (AvgIpc) is 2.52. The van der Waals surface area contributed by atoms with Crippen LogP contribution in [-0.4, -0.2) is 19.0 Å². The van der Waals surface area contributed by atoms with E-state index >= 15 is 0 Å². The van der Waals surface area contributed by atoms with Gasteiger partial charge in [0.25, 0.3) is 0 Å². The first-order valence-corrected chi connectivity index (χ1v) is 6.84. The van der Waals surface area contributed by atoms with Gasteiger partial charge in [0, 0.05) is 17.3 Å². The molecule has 0 radical (unpaired) electrons. The Hall–Kier alpha value is -2.49. The van der Waals surface area contributed by atoms with Crippen molar-refractivity contribution in [3.8, 4) is 11.5 Å². The number of hydrogen-bond acceptors (Lipinski definition) is 4. The standard InChI is InChI=1S/C17H19NO3/c1-3-16(21-15-6-4-5-13(18)11-15)17(19)12-7-9-14(20-2)10-8-12/h4-11,16H,3,18H2,1-2H3. The minimum absolute atomic E-state index is 0.0532. The molecule has 0 aliphatic rings. The summed E-state index contributed by atoms with van der Waals surface area (Å²) in [7, 11) is 1.59. The highest BCUT2D eigenvalue weighted by atomic mass is 16.5. The fourth-order valence-corrected chi connectivity index (χ4v) is 2.02. The van der Waals surface area contributed by atoms with Crippen molar-refractivity contribution in [1.82, 2.24) is 0 Å². The molecule has 4 nitrogen and oxygen atoms in total. The number of carbonyl (C=O) groups is 1. The van der Waals surface area contributed by atoms with Crippen molar-refractivity contribution in [1.29, 1.82) is 0 Å². The largest absolute Gasteiger partial charge is 0.497 e. The van der Waals surface area contributed by atoms with Gasteiger partial charge in [-0.25, -0.2) is 0 Å². The first-order valence-electron chi connectivity index (χ1n) is 6.84. The van der Waals surface area contributed by atoms with Crippen LogP contribution in [-0.2, 0) is 0 Å². The molecule has 1 atom stereocenters. The van der Waals surface area contributed by atoms with E-state index in [1.807, 2.05) is 6.92 Å². The molecule has 0 amide bonds. The maximum Gasteiger partial charge on any atom is 0.203 e. The van der Waals surface area contributed by atoms with E-state index in [1.54, 1.807) is 55.6 Å². The number of ether oxygens (including phenoxy) is 2. The molecule has 2 aromatic carbocycles. The highest BCUT2D eigenvalue weighted by molar-refractivity contribution is 5.99. The molecule has 0 aromatic heterocycles. The van der Waals surface area contributed by atoms with Crippen molar-refractivity contribution in [3.05, 3.63) is 54.1 Å². The molecule has 2 N–H and O–H groups in total.